The summed E-state index contributed by atoms with van der Waals surface area (Å²) in [4.78, 5) is 18.0. The summed E-state index contributed by atoms with van der Waals surface area (Å²) in [7, 11) is 3.96. The fourth-order valence-corrected chi connectivity index (χ4v) is 6.42. The summed E-state index contributed by atoms with van der Waals surface area (Å²) in [5, 5.41) is 11.2. The number of rotatable bonds is 4. The highest BCUT2D eigenvalue weighted by molar-refractivity contribution is 5.95. The molecule has 0 radical (unpaired) electrons. The minimum Gasteiger partial charge on any atom is -0.508 e. The fourth-order valence-electron chi connectivity index (χ4n) is 6.42. The third-order valence-electron chi connectivity index (χ3n) is 7.60. The molecule has 5 unspecified atom stereocenters. The Morgan fingerprint density at radius 2 is 2.13 bits per heavy atom. The van der Waals surface area contributed by atoms with Gasteiger partial charge in [0.15, 0.2) is 0 Å². The van der Waals surface area contributed by atoms with Gasteiger partial charge in [0, 0.05) is 42.7 Å². The van der Waals surface area contributed by atoms with Crippen molar-refractivity contribution in [1.82, 2.24) is 14.4 Å². The Bertz CT molecular complexity index is 966. The molecule has 4 bridgehead atoms. The van der Waals surface area contributed by atoms with Gasteiger partial charge in [-0.1, -0.05) is 13.3 Å². The molecule has 6 nitrogen and oxygen atoms in total. The zero-order valence-electron chi connectivity index (χ0n) is 18.3. The first-order valence-electron chi connectivity index (χ1n) is 11.4. The highest BCUT2D eigenvalue weighted by Gasteiger charge is 2.49. The molecular formula is C24H33N3O3. The first-order valence-corrected chi connectivity index (χ1v) is 11.4. The maximum absolute atomic E-state index is 13.3. The first kappa shape index (κ1) is 19.9. The number of phenols is 1. The van der Waals surface area contributed by atoms with Crippen molar-refractivity contribution < 1.29 is 14.6 Å². The Balaban J connectivity index is 1.63. The Kier molecular flexibility index (Phi) is 5.02. The van der Waals surface area contributed by atoms with Crippen LogP contribution in [0, 0.1) is 11.8 Å². The molecule has 1 aromatic heterocycles. The van der Waals surface area contributed by atoms with Gasteiger partial charge in [-0.2, -0.15) is 0 Å². The number of likely N-dealkylation sites (N-methyl/N-ethyl adjacent to an activating group) is 1. The third kappa shape index (κ3) is 3.12. The number of aromatic hydroxyl groups is 1. The molecule has 6 heteroatoms. The summed E-state index contributed by atoms with van der Waals surface area (Å²) in [5.74, 6) is 2.01. The summed E-state index contributed by atoms with van der Waals surface area (Å²) in [6, 6.07) is 5.90. The smallest absolute Gasteiger partial charge is 0.418 e. The van der Waals surface area contributed by atoms with Crippen molar-refractivity contribution in [3.05, 3.63) is 29.5 Å². The molecule has 1 aliphatic carbocycles. The van der Waals surface area contributed by atoms with Crippen molar-refractivity contribution in [2.24, 2.45) is 11.8 Å². The number of benzene rings is 1. The number of carbonyl (C=O) groups excluding carboxylic acids is 1. The zero-order chi connectivity index (χ0) is 21.0. The molecule has 162 valence electrons. The number of piperidine rings is 2. The summed E-state index contributed by atoms with van der Waals surface area (Å²) < 4.78 is 7.57. The van der Waals surface area contributed by atoms with Gasteiger partial charge in [0.25, 0.3) is 0 Å². The van der Waals surface area contributed by atoms with Crippen LogP contribution in [0.5, 0.6) is 5.75 Å². The molecule has 1 N–H and O–H groups in total. The van der Waals surface area contributed by atoms with Crippen molar-refractivity contribution in [3.8, 4) is 5.75 Å². The van der Waals surface area contributed by atoms with Gasteiger partial charge in [0.1, 0.15) is 12.4 Å². The largest absolute Gasteiger partial charge is 0.508 e. The van der Waals surface area contributed by atoms with E-state index < -0.39 is 0 Å². The lowest BCUT2D eigenvalue weighted by atomic mass is 9.65. The molecule has 2 saturated heterocycles. The first-order chi connectivity index (χ1) is 14.5. The second kappa shape index (κ2) is 7.57. The van der Waals surface area contributed by atoms with Crippen LogP contribution in [0.1, 0.15) is 43.4 Å². The summed E-state index contributed by atoms with van der Waals surface area (Å²) in [5.41, 5.74) is 3.26. The van der Waals surface area contributed by atoms with Crippen LogP contribution >= 0.6 is 0 Å². The number of carbonyl (C=O) groups is 1. The maximum atomic E-state index is 13.3. The minimum absolute atomic E-state index is 0.254. The van der Waals surface area contributed by atoms with E-state index >= 15 is 0 Å². The average molecular weight is 412 g/mol. The average Bonchev–Trinajstić information content (AvgIpc) is 2.99. The number of nitrogens with zero attached hydrogens (tertiary/aromatic N) is 3. The minimum atomic E-state index is -0.281. The predicted octanol–water partition coefficient (Wildman–Crippen LogP) is 3.65. The normalized spacial score (nSPS) is 29.8. The second-order valence-corrected chi connectivity index (χ2v) is 9.67. The van der Waals surface area contributed by atoms with Crippen LogP contribution in [0.2, 0.25) is 0 Å². The van der Waals surface area contributed by atoms with E-state index in [0.717, 1.165) is 36.0 Å². The van der Waals surface area contributed by atoms with Crippen LogP contribution < -0.4 is 0 Å². The van der Waals surface area contributed by atoms with Gasteiger partial charge in [0.05, 0.1) is 5.52 Å². The SMILES string of the molecule is CCC1CC2CC3c4c(c5cc(O)ccc5n4C(=O)OCCN(C)C)CCN(C2)C13. The lowest BCUT2D eigenvalue weighted by molar-refractivity contribution is -0.0141. The molecule has 6 rings (SSSR count). The third-order valence-corrected chi connectivity index (χ3v) is 7.60. The summed E-state index contributed by atoms with van der Waals surface area (Å²) >= 11 is 0. The van der Waals surface area contributed by atoms with E-state index in [1.807, 2.05) is 35.7 Å². The Morgan fingerprint density at radius 1 is 1.30 bits per heavy atom. The quantitative estimate of drug-likeness (QED) is 0.832. The molecule has 0 amide bonds. The monoisotopic (exact) mass is 411 g/mol. The fraction of sp³-hybridized carbons (Fsp3) is 0.625. The van der Waals surface area contributed by atoms with Crippen molar-refractivity contribution in [3.63, 3.8) is 0 Å². The molecule has 2 aromatic rings. The van der Waals surface area contributed by atoms with Crippen LogP contribution in [0.25, 0.3) is 10.9 Å². The van der Waals surface area contributed by atoms with Gasteiger partial charge in [-0.3, -0.25) is 4.90 Å². The Labute approximate surface area is 178 Å². The summed E-state index contributed by atoms with van der Waals surface area (Å²) in [6.45, 7) is 5.61. The van der Waals surface area contributed by atoms with Crippen LogP contribution in [0.15, 0.2) is 18.2 Å². The maximum Gasteiger partial charge on any atom is 0.418 e. The molecule has 4 heterocycles. The number of fused-ring (bicyclic) bond motifs is 4. The van der Waals surface area contributed by atoms with E-state index in [2.05, 4.69) is 11.8 Å². The van der Waals surface area contributed by atoms with Crippen molar-refractivity contribution in [1.29, 1.82) is 0 Å². The van der Waals surface area contributed by atoms with Crippen molar-refractivity contribution in [2.75, 3.05) is 40.3 Å². The highest BCUT2D eigenvalue weighted by atomic mass is 16.5. The van der Waals surface area contributed by atoms with Gasteiger partial charge in [-0.15, -0.1) is 0 Å². The van der Waals surface area contributed by atoms with Crippen molar-refractivity contribution in [2.45, 2.75) is 44.6 Å². The number of hydrogen-bond acceptors (Lipinski definition) is 5. The van der Waals surface area contributed by atoms with E-state index in [-0.39, 0.29) is 11.8 Å². The van der Waals surface area contributed by atoms with Crippen LogP contribution in [0.3, 0.4) is 0 Å². The standard InChI is InChI=1S/C24H33N3O3/c1-4-16-11-15-12-20-22(16)26(14-15)8-7-18-19-13-17(28)5-6-21(19)27(23(18)20)24(29)30-10-9-25(2)3/h5-6,13,15-16,20,22,28H,4,7-12,14H2,1-3H3. The molecule has 30 heavy (non-hydrogen) atoms. The number of phenolic OH excluding ortho intramolecular Hbond substituents is 1. The molecule has 0 spiro atoms. The van der Waals surface area contributed by atoms with E-state index in [0.29, 0.717) is 36.9 Å². The van der Waals surface area contributed by atoms with E-state index in [1.165, 1.54) is 24.9 Å². The molecule has 5 atom stereocenters. The molecule has 3 fully saturated rings. The Morgan fingerprint density at radius 3 is 2.90 bits per heavy atom. The van der Waals surface area contributed by atoms with Gasteiger partial charge < -0.3 is 14.7 Å². The number of hydrogen-bond donors (Lipinski definition) is 1. The van der Waals surface area contributed by atoms with Crippen LogP contribution in [-0.4, -0.2) is 71.9 Å². The van der Waals surface area contributed by atoms with Gasteiger partial charge in [-0.05, 0) is 69.0 Å². The van der Waals surface area contributed by atoms with Gasteiger partial charge in [0.2, 0.25) is 0 Å². The molecule has 4 aliphatic rings. The van der Waals surface area contributed by atoms with E-state index in [9.17, 15) is 9.90 Å². The predicted molar refractivity (Wildman–Crippen MR) is 117 cm³/mol. The lowest BCUT2D eigenvalue weighted by Gasteiger charge is -2.53. The number of ether oxygens (including phenoxy) is 1. The van der Waals surface area contributed by atoms with E-state index in [4.69, 9.17) is 4.74 Å². The van der Waals surface area contributed by atoms with Crippen LogP contribution in [0.4, 0.5) is 4.79 Å². The highest BCUT2D eigenvalue weighted by Crippen LogP contribution is 2.52. The van der Waals surface area contributed by atoms with Gasteiger partial charge in [-0.25, -0.2) is 9.36 Å². The Hall–Kier alpha value is -2.05. The van der Waals surface area contributed by atoms with Gasteiger partial charge >= 0.3 is 6.09 Å². The number of aromatic nitrogens is 1. The zero-order valence-corrected chi connectivity index (χ0v) is 18.3. The van der Waals surface area contributed by atoms with Crippen LogP contribution in [-0.2, 0) is 11.2 Å². The lowest BCUT2D eigenvalue weighted by Crippen LogP contribution is -2.56. The molecule has 1 aromatic carbocycles. The topological polar surface area (TPSA) is 57.9 Å². The van der Waals surface area contributed by atoms with E-state index in [1.54, 1.807) is 6.07 Å². The molecule has 1 saturated carbocycles. The van der Waals surface area contributed by atoms with Crippen molar-refractivity contribution >= 4 is 17.0 Å². The molecule has 3 aliphatic heterocycles. The molecular weight excluding hydrogens is 378 g/mol. The second-order valence-electron chi connectivity index (χ2n) is 9.67. The summed E-state index contributed by atoms with van der Waals surface area (Å²) in [6.07, 6.45) is 4.30.